The van der Waals surface area contributed by atoms with Crippen LogP contribution in [0.2, 0.25) is 0 Å². The third kappa shape index (κ3) is 3.35. The summed E-state index contributed by atoms with van der Waals surface area (Å²) in [4.78, 5) is 2.55. The number of rotatable bonds is 5. The molecule has 0 unspecified atom stereocenters. The summed E-state index contributed by atoms with van der Waals surface area (Å²) in [6.45, 7) is 15.1. The summed E-state index contributed by atoms with van der Waals surface area (Å²) in [7, 11) is -0.313. The van der Waals surface area contributed by atoms with Gasteiger partial charge in [-0.2, -0.15) is 5.10 Å². The predicted octanol–water partition coefficient (Wildman–Crippen LogP) is 1.98. The SMILES string of the molecule is Cc1c(B2OC(C)(C)C(C)(C)O2)cnn1CCCN1CCCC1. The number of aromatic nitrogens is 2. The second-order valence-electron chi connectivity index (χ2n) is 7.90. The second kappa shape index (κ2) is 6.23. The van der Waals surface area contributed by atoms with E-state index in [1.54, 1.807) is 0 Å². The Morgan fingerprint density at radius 2 is 1.70 bits per heavy atom. The molecular formula is C17H30BN3O2. The van der Waals surface area contributed by atoms with Crippen LogP contribution in [0.15, 0.2) is 6.20 Å². The number of likely N-dealkylation sites (tertiary alicyclic amines) is 1. The molecule has 1 aromatic heterocycles. The van der Waals surface area contributed by atoms with Gasteiger partial charge in [0.25, 0.3) is 0 Å². The molecule has 0 atom stereocenters. The van der Waals surface area contributed by atoms with E-state index in [2.05, 4.69) is 49.3 Å². The van der Waals surface area contributed by atoms with Crippen molar-refractivity contribution < 1.29 is 9.31 Å². The summed E-state index contributed by atoms with van der Waals surface area (Å²) in [5.74, 6) is 0. The van der Waals surface area contributed by atoms with Crippen molar-refractivity contribution in [3.05, 3.63) is 11.9 Å². The Morgan fingerprint density at radius 3 is 2.30 bits per heavy atom. The van der Waals surface area contributed by atoms with Crippen LogP contribution < -0.4 is 5.46 Å². The Kier molecular flexibility index (Phi) is 4.60. The monoisotopic (exact) mass is 319 g/mol. The number of aryl methyl sites for hydroxylation is 1. The van der Waals surface area contributed by atoms with E-state index in [0.29, 0.717) is 0 Å². The lowest BCUT2D eigenvalue weighted by molar-refractivity contribution is 0.00578. The van der Waals surface area contributed by atoms with Crippen molar-refractivity contribution in [2.75, 3.05) is 19.6 Å². The molecule has 128 valence electrons. The lowest BCUT2D eigenvalue weighted by Crippen LogP contribution is -2.41. The van der Waals surface area contributed by atoms with Crippen molar-refractivity contribution in [2.24, 2.45) is 0 Å². The highest BCUT2D eigenvalue weighted by Crippen LogP contribution is 2.36. The van der Waals surface area contributed by atoms with Crippen LogP contribution in [0.1, 0.15) is 52.7 Å². The first-order chi connectivity index (χ1) is 10.8. The molecule has 0 N–H and O–H groups in total. The molecule has 2 fully saturated rings. The Morgan fingerprint density at radius 1 is 1.09 bits per heavy atom. The van der Waals surface area contributed by atoms with Gasteiger partial charge < -0.3 is 14.2 Å². The first-order valence-corrected chi connectivity index (χ1v) is 8.90. The molecule has 2 saturated heterocycles. The lowest BCUT2D eigenvalue weighted by Gasteiger charge is -2.32. The van der Waals surface area contributed by atoms with Crippen molar-refractivity contribution in [1.82, 2.24) is 14.7 Å². The molecule has 0 spiro atoms. The summed E-state index contributed by atoms with van der Waals surface area (Å²) >= 11 is 0. The van der Waals surface area contributed by atoms with Gasteiger partial charge in [0.2, 0.25) is 0 Å². The maximum Gasteiger partial charge on any atom is 0.498 e. The average molecular weight is 319 g/mol. The second-order valence-corrected chi connectivity index (χ2v) is 7.90. The predicted molar refractivity (Wildman–Crippen MR) is 93.0 cm³/mol. The zero-order valence-corrected chi connectivity index (χ0v) is 15.3. The third-order valence-electron chi connectivity index (χ3n) is 5.69. The van der Waals surface area contributed by atoms with Crippen LogP contribution in [0, 0.1) is 6.92 Å². The summed E-state index contributed by atoms with van der Waals surface area (Å²) in [5.41, 5.74) is 1.61. The van der Waals surface area contributed by atoms with Crippen LogP contribution in [0.25, 0.3) is 0 Å². The molecule has 1 aromatic rings. The molecule has 3 heterocycles. The van der Waals surface area contributed by atoms with Gasteiger partial charge in [0.05, 0.1) is 11.2 Å². The third-order valence-corrected chi connectivity index (χ3v) is 5.69. The quantitative estimate of drug-likeness (QED) is 0.778. The molecule has 0 aliphatic carbocycles. The van der Waals surface area contributed by atoms with Crippen molar-refractivity contribution in [3.63, 3.8) is 0 Å². The Balaban J connectivity index is 1.61. The van der Waals surface area contributed by atoms with Gasteiger partial charge in [-0.15, -0.1) is 0 Å². The molecule has 0 aromatic carbocycles. The lowest BCUT2D eigenvalue weighted by atomic mass is 9.79. The van der Waals surface area contributed by atoms with Crippen LogP contribution in [0.4, 0.5) is 0 Å². The molecular weight excluding hydrogens is 289 g/mol. The minimum Gasteiger partial charge on any atom is -0.399 e. The number of nitrogens with zero attached hydrogens (tertiary/aromatic N) is 3. The van der Waals surface area contributed by atoms with Gasteiger partial charge in [0, 0.05) is 23.9 Å². The van der Waals surface area contributed by atoms with Crippen LogP contribution in [-0.2, 0) is 15.9 Å². The summed E-state index contributed by atoms with van der Waals surface area (Å²) < 4.78 is 14.4. The highest BCUT2D eigenvalue weighted by Gasteiger charge is 2.52. The van der Waals surface area contributed by atoms with Crippen molar-refractivity contribution >= 4 is 12.6 Å². The van der Waals surface area contributed by atoms with E-state index >= 15 is 0 Å². The van der Waals surface area contributed by atoms with E-state index in [1.165, 1.54) is 32.5 Å². The molecule has 0 amide bonds. The zero-order valence-electron chi connectivity index (χ0n) is 15.3. The molecule has 0 bridgehead atoms. The molecule has 3 rings (SSSR count). The van der Waals surface area contributed by atoms with Gasteiger partial charge >= 0.3 is 7.12 Å². The highest BCUT2D eigenvalue weighted by atomic mass is 16.7. The van der Waals surface area contributed by atoms with Gasteiger partial charge in [-0.05, 0) is 73.5 Å². The van der Waals surface area contributed by atoms with Gasteiger partial charge in [-0.1, -0.05) is 0 Å². The summed E-state index contributed by atoms with van der Waals surface area (Å²) in [6.07, 6.45) is 5.76. The summed E-state index contributed by atoms with van der Waals surface area (Å²) in [5, 5.41) is 4.56. The largest absolute Gasteiger partial charge is 0.498 e. The molecule has 6 heteroatoms. The van der Waals surface area contributed by atoms with Crippen molar-refractivity contribution in [3.8, 4) is 0 Å². The molecule has 2 aliphatic rings. The van der Waals surface area contributed by atoms with E-state index in [4.69, 9.17) is 9.31 Å². The molecule has 5 nitrogen and oxygen atoms in total. The maximum absolute atomic E-state index is 6.15. The smallest absolute Gasteiger partial charge is 0.399 e. The van der Waals surface area contributed by atoms with Gasteiger partial charge in [0.1, 0.15) is 0 Å². The van der Waals surface area contributed by atoms with E-state index in [1.807, 2.05) is 6.20 Å². The van der Waals surface area contributed by atoms with E-state index < -0.39 is 0 Å². The van der Waals surface area contributed by atoms with Gasteiger partial charge in [-0.25, -0.2) is 0 Å². The molecule has 2 aliphatic heterocycles. The van der Waals surface area contributed by atoms with Crippen LogP contribution >= 0.6 is 0 Å². The minimum atomic E-state index is -0.313. The number of hydrogen-bond acceptors (Lipinski definition) is 4. The fraction of sp³-hybridized carbons (Fsp3) is 0.824. The van der Waals surface area contributed by atoms with Crippen LogP contribution in [-0.4, -0.2) is 52.6 Å². The van der Waals surface area contributed by atoms with Gasteiger partial charge in [0.15, 0.2) is 0 Å². The first kappa shape index (κ1) is 17.0. The highest BCUT2D eigenvalue weighted by molar-refractivity contribution is 6.62. The average Bonchev–Trinajstić information content (AvgIpc) is 3.12. The van der Waals surface area contributed by atoms with Gasteiger partial charge in [-0.3, -0.25) is 4.68 Å². The van der Waals surface area contributed by atoms with Crippen LogP contribution in [0.5, 0.6) is 0 Å². The Labute approximate surface area is 140 Å². The zero-order chi connectivity index (χ0) is 16.7. The van der Waals surface area contributed by atoms with E-state index in [0.717, 1.165) is 24.1 Å². The van der Waals surface area contributed by atoms with Crippen LogP contribution in [0.3, 0.4) is 0 Å². The molecule has 0 saturated carbocycles. The fourth-order valence-corrected chi connectivity index (χ4v) is 3.34. The summed E-state index contributed by atoms with van der Waals surface area (Å²) in [6, 6.07) is 0. The minimum absolute atomic E-state index is 0.304. The Hall–Kier alpha value is -0.845. The topological polar surface area (TPSA) is 39.5 Å². The van der Waals surface area contributed by atoms with E-state index in [-0.39, 0.29) is 18.3 Å². The Bertz CT molecular complexity index is 534. The fourth-order valence-electron chi connectivity index (χ4n) is 3.34. The maximum atomic E-state index is 6.15. The number of hydrogen-bond donors (Lipinski definition) is 0. The molecule has 0 radical (unpaired) electrons. The first-order valence-electron chi connectivity index (χ1n) is 8.90. The molecule has 23 heavy (non-hydrogen) atoms. The standard InChI is InChI=1S/C17H30BN3O2/c1-14-15(18-22-16(2,3)17(4,5)23-18)13-19-21(14)12-8-11-20-9-6-7-10-20/h13H,6-12H2,1-5H3. The van der Waals surface area contributed by atoms with E-state index in [9.17, 15) is 0 Å². The van der Waals surface area contributed by atoms with Crippen molar-refractivity contribution in [1.29, 1.82) is 0 Å². The normalized spacial score (nSPS) is 23.8. The van der Waals surface area contributed by atoms with Crippen molar-refractivity contribution in [2.45, 2.75) is 71.6 Å².